The number of nitrogens with one attached hydrogen (secondary N) is 1. The highest BCUT2D eigenvalue weighted by Gasteiger charge is 2.26. The van der Waals surface area contributed by atoms with Crippen LogP contribution in [0.3, 0.4) is 0 Å². The molecule has 1 N–H and O–H groups in total. The zero-order valence-corrected chi connectivity index (χ0v) is 21.1. The average Bonchev–Trinajstić information content (AvgIpc) is 3.35. The van der Waals surface area contributed by atoms with E-state index in [1.807, 2.05) is 42.2 Å². The van der Waals surface area contributed by atoms with Gasteiger partial charge < -0.3 is 9.64 Å². The van der Waals surface area contributed by atoms with E-state index in [4.69, 9.17) is 4.74 Å². The summed E-state index contributed by atoms with van der Waals surface area (Å²) in [5.41, 5.74) is 2.31. The predicted octanol–water partition coefficient (Wildman–Crippen LogP) is 4.95. The number of carbonyl (C=O) groups excluding carboxylic acids is 2. The highest BCUT2D eigenvalue weighted by Crippen LogP contribution is 2.36. The lowest BCUT2D eigenvalue weighted by Gasteiger charge is -2.15. The van der Waals surface area contributed by atoms with E-state index in [1.165, 1.54) is 11.3 Å². The molecule has 1 aromatic carbocycles. The Morgan fingerprint density at radius 2 is 1.97 bits per heavy atom. The van der Waals surface area contributed by atoms with Crippen molar-refractivity contribution in [2.24, 2.45) is 5.92 Å². The number of carbonyl (C=O) groups is 2. The molecular weight excluding hydrogens is 460 g/mol. The summed E-state index contributed by atoms with van der Waals surface area (Å²) in [6, 6.07) is 9.47. The maximum atomic E-state index is 13.1. The molecule has 33 heavy (non-hydrogen) atoms. The molecule has 7 nitrogen and oxygen atoms in total. The number of nitrogens with zero attached hydrogens (tertiary/aromatic N) is 1. The first kappa shape index (κ1) is 25.2. The summed E-state index contributed by atoms with van der Waals surface area (Å²) in [5.74, 6) is 0.528. The van der Waals surface area contributed by atoms with E-state index in [0.29, 0.717) is 30.9 Å². The Bertz CT molecular complexity index is 1070. The Morgan fingerprint density at radius 3 is 2.58 bits per heavy atom. The number of ether oxygens (including phenoxy) is 1. The number of unbranched alkanes of at least 4 members (excludes halogenated alkanes) is 1. The van der Waals surface area contributed by atoms with Gasteiger partial charge in [0.15, 0.2) is 0 Å². The number of rotatable bonds is 10. The van der Waals surface area contributed by atoms with Crippen molar-refractivity contribution in [2.75, 3.05) is 13.2 Å². The quantitative estimate of drug-likeness (QED) is 0.474. The zero-order valence-electron chi connectivity index (χ0n) is 19.4. The van der Waals surface area contributed by atoms with Crippen molar-refractivity contribution in [2.45, 2.75) is 63.6 Å². The molecule has 1 fully saturated rings. The molecule has 0 saturated carbocycles. The number of benzene rings is 1. The molecule has 1 aromatic heterocycles. The number of likely N-dealkylation sites (tertiary alicyclic amines) is 1. The molecule has 2 aromatic rings. The molecule has 3 rings (SSSR count). The number of hydrogen-bond acceptors (Lipinski definition) is 6. The van der Waals surface area contributed by atoms with Crippen LogP contribution in [-0.4, -0.2) is 38.5 Å². The van der Waals surface area contributed by atoms with Crippen molar-refractivity contribution in [3.63, 3.8) is 0 Å². The highest BCUT2D eigenvalue weighted by atomic mass is 32.2. The van der Waals surface area contributed by atoms with Gasteiger partial charge in [0.2, 0.25) is 5.91 Å². The van der Waals surface area contributed by atoms with Crippen LogP contribution in [0.15, 0.2) is 34.5 Å². The molecule has 1 aliphatic heterocycles. The summed E-state index contributed by atoms with van der Waals surface area (Å²) in [4.78, 5) is 26.7. The van der Waals surface area contributed by atoms with Crippen molar-refractivity contribution >= 4 is 33.4 Å². The number of hydrogen-bond donors (Lipinski definition) is 1. The van der Waals surface area contributed by atoms with Gasteiger partial charge in [0, 0.05) is 30.0 Å². The number of thiophene rings is 1. The smallest absolute Gasteiger partial charge is 0.421 e. The number of amides is 2. The molecule has 0 aliphatic carbocycles. The third kappa shape index (κ3) is 6.80. The molecule has 180 valence electrons. The fourth-order valence-electron chi connectivity index (χ4n) is 3.70. The van der Waals surface area contributed by atoms with Crippen molar-refractivity contribution < 1.29 is 22.7 Å². The van der Waals surface area contributed by atoms with E-state index in [-0.39, 0.29) is 16.7 Å². The molecule has 9 heteroatoms. The summed E-state index contributed by atoms with van der Waals surface area (Å²) >= 11 is 1.18. The second-order valence-electron chi connectivity index (χ2n) is 8.72. The first-order valence-corrected chi connectivity index (χ1v) is 13.7. The standard InChI is InChI=1S/C24H32N2O5S2/c1-4-5-13-31-24(28)25-33(29,30)23-21(15-20(32-23)14-17(2)3)19-10-8-18(9-11-19)16-26-12-6-7-22(26)27/h8-11,15,17H,4-7,12-14,16H2,1-3H3,(H,25,28). The fourth-order valence-corrected chi connectivity index (χ4v) is 6.54. The van der Waals surface area contributed by atoms with Crippen molar-refractivity contribution in [1.29, 1.82) is 0 Å². The lowest BCUT2D eigenvalue weighted by molar-refractivity contribution is -0.128. The third-order valence-corrected chi connectivity index (χ3v) is 8.36. The van der Waals surface area contributed by atoms with E-state index in [1.54, 1.807) is 0 Å². The van der Waals surface area contributed by atoms with Gasteiger partial charge in [0.25, 0.3) is 10.0 Å². The molecular formula is C24H32N2O5S2. The van der Waals surface area contributed by atoms with Crippen molar-refractivity contribution in [3.05, 3.63) is 40.8 Å². The summed E-state index contributed by atoms with van der Waals surface area (Å²) < 4.78 is 33.3. The topological polar surface area (TPSA) is 92.8 Å². The van der Waals surface area contributed by atoms with Gasteiger partial charge in [0.1, 0.15) is 4.21 Å². The second-order valence-corrected chi connectivity index (χ2v) is 11.7. The minimum absolute atomic E-state index is 0.105. The van der Waals surface area contributed by atoms with Gasteiger partial charge in [-0.3, -0.25) is 4.79 Å². The van der Waals surface area contributed by atoms with Crippen LogP contribution in [0.4, 0.5) is 4.79 Å². The lowest BCUT2D eigenvalue weighted by Crippen LogP contribution is -2.31. The van der Waals surface area contributed by atoms with Gasteiger partial charge >= 0.3 is 6.09 Å². The van der Waals surface area contributed by atoms with Crippen LogP contribution in [0.5, 0.6) is 0 Å². The van der Waals surface area contributed by atoms with E-state index >= 15 is 0 Å². The van der Waals surface area contributed by atoms with E-state index in [9.17, 15) is 18.0 Å². The molecule has 0 spiro atoms. The SMILES string of the molecule is CCCCOC(=O)NS(=O)(=O)c1sc(CC(C)C)cc1-c1ccc(CN2CCCC2=O)cc1. The molecule has 2 heterocycles. The molecule has 0 radical (unpaired) electrons. The van der Waals surface area contributed by atoms with Gasteiger partial charge in [-0.2, -0.15) is 0 Å². The van der Waals surface area contributed by atoms with Crippen molar-refractivity contribution in [3.8, 4) is 11.1 Å². The van der Waals surface area contributed by atoms with E-state index in [2.05, 4.69) is 18.6 Å². The minimum atomic E-state index is -4.09. The first-order valence-electron chi connectivity index (χ1n) is 11.4. The average molecular weight is 493 g/mol. The highest BCUT2D eigenvalue weighted by molar-refractivity contribution is 7.92. The maximum Gasteiger partial charge on any atom is 0.421 e. The van der Waals surface area contributed by atoms with E-state index < -0.39 is 16.1 Å². The van der Waals surface area contributed by atoms with Crippen LogP contribution in [0.25, 0.3) is 11.1 Å². The van der Waals surface area contributed by atoms with Crippen LogP contribution in [0.2, 0.25) is 0 Å². The molecule has 1 saturated heterocycles. The van der Waals surface area contributed by atoms with Crippen LogP contribution in [-0.2, 0) is 32.5 Å². The molecule has 1 aliphatic rings. The minimum Gasteiger partial charge on any atom is -0.449 e. The van der Waals surface area contributed by atoms with Gasteiger partial charge in [0.05, 0.1) is 6.61 Å². The van der Waals surface area contributed by atoms with Crippen LogP contribution in [0.1, 0.15) is 56.9 Å². The van der Waals surface area contributed by atoms with Crippen LogP contribution >= 0.6 is 11.3 Å². The van der Waals surface area contributed by atoms with Crippen molar-refractivity contribution in [1.82, 2.24) is 9.62 Å². The first-order chi connectivity index (χ1) is 15.7. The van der Waals surface area contributed by atoms with E-state index in [0.717, 1.165) is 41.8 Å². The summed E-state index contributed by atoms with van der Waals surface area (Å²) in [7, 11) is -4.09. The van der Waals surface area contributed by atoms with Crippen LogP contribution < -0.4 is 4.72 Å². The Hall–Kier alpha value is -2.39. The third-order valence-electron chi connectivity index (χ3n) is 5.36. The summed E-state index contributed by atoms with van der Waals surface area (Å²) in [5, 5.41) is 0. The summed E-state index contributed by atoms with van der Waals surface area (Å²) in [6.45, 7) is 7.61. The molecule has 2 amide bonds. The lowest BCUT2D eigenvalue weighted by atomic mass is 10.0. The molecule has 0 atom stereocenters. The number of sulfonamides is 1. The summed E-state index contributed by atoms with van der Waals surface area (Å²) in [6.07, 6.45) is 2.78. The monoisotopic (exact) mass is 492 g/mol. The Balaban J connectivity index is 1.85. The van der Waals surface area contributed by atoms with Gasteiger partial charge in [-0.1, -0.05) is 51.5 Å². The zero-order chi connectivity index (χ0) is 24.0. The predicted molar refractivity (Wildman–Crippen MR) is 130 cm³/mol. The van der Waals surface area contributed by atoms with Gasteiger partial charge in [-0.15, -0.1) is 11.3 Å². The second kappa shape index (κ2) is 11.2. The molecule has 0 bridgehead atoms. The Morgan fingerprint density at radius 1 is 1.24 bits per heavy atom. The van der Waals surface area contributed by atoms with Gasteiger partial charge in [-0.05, 0) is 42.4 Å². The Labute approximate surface area is 200 Å². The van der Waals surface area contributed by atoms with Gasteiger partial charge in [-0.25, -0.2) is 17.9 Å². The Kier molecular flexibility index (Phi) is 8.53. The fraction of sp³-hybridized carbons (Fsp3) is 0.500. The van der Waals surface area contributed by atoms with Crippen LogP contribution in [0, 0.1) is 5.92 Å². The maximum absolute atomic E-state index is 13.1. The molecule has 0 unspecified atom stereocenters. The normalized spacial score (nSPS) is 14.2. The largest absolute Gasteiger partial charge is 0.449 e.